The molecule has 0 unspecified atom stereocenters. The number of carbonyl (C=O) groups is 1. The monoisotopic (exact) mass is 255 g/mol. The van der Waals surface area contributed by atoms with Crippen LogP contribution in [0.2, 0.25) is 0 Å². The molecular weight excluding hydrogens is 241 g/mol. The summed E-state index contributed by atoms with van der Waals surface area (Å²) in [4.78, 5) is 11.2. The first-order valence-electron chi connectivity index (χ1n) is 5.95. The number of halogens is 1. The van der Waals surface area contributed by atoms with Crippen molar-refractivity contribution in [3.05, 3.63) is 66.0 Å². The molecule has 0 saturated heterocycles. The van der Waals surface area contributed by atoms with Crippen LogP contribution in [0.25, 0.3) is 16.7 Å². The van der Waals surface area contributed by atoms with E-state index >= 15 is 0 Å². The van der Waals surface area contributed by atoms with Crippen molar-refractivity contribution < 1.29 is 9.18 Å². The fourth-order valence-corrected chi connectivity index (χ4v) is 1.99. The Balaban J connectivity index is 2.46. The molecule has 0 aliphatic heterocycles. The van der Waals surface area contributed by atoms with E-state index in [0.29, 0.717) is 16.7 Å². The normalized spacial score (nSPS) is 11.4. The van der Waals surface area contributed by atoms with Gasteiger partial charge in [-0.3, -0.25) is 4.79 Å². The first-order chi connectivity index (χ1) is 9.13. The van der Waals surface area contributed by atoms with Crippen LogP contribution in [-0.4, -0.2) is 5.91 Å². The minimum absolute atomic E-state index is 0.318. The Morgan fingerprint density at radius 3 is 2.37 bits per heavy atom. The third-order valence-electron chi connectivity index (χ3n) is 2.92. The fraction of sp³-hybridized carbons (Fsp3) is 0.0625. The van der Waals surface area contributed by atoms with E-state index in [1.165, 1.54) is 6.07 Å². The van der Waals surface area contributed by atoms with Gasteiger partial charge >= 0.3 is 0 Å². The lowest BCUT2D eigenvalue weighted by Crippen LogP contribution is -2.12. The maximum atomic E-state index is 14.1. The van der Waals surface area contributed by atoms with Gasteiger partial charge in [0.05, 0.1) is 0 Å². The average molecular weight is 255 g/mol. The molecule has 0 bridgehead atoms. The molecular formula is C16H14FNO. The van der Waals surface area contributed by atoms with Crippen molar-refractivity contribution in [2.24, 2.45) is 5.73 Å². The molecule has 19 heavy (non-hydrogen) atoms. The highest BCUT2D eigenvalue weighted by Crippen LogP contribution is 2.25. The molecule has 2 rings (SSSR count). The molecule has 1 amide bonds. The molecule has 0 saturated carbocycles. The lowest BCUT2D eigenvalue weighted by Gasteiger charge is -2.07. The number of nitrogens with two attached hydrogens (primary N) is 1. The molecule has 0 aliphatic carbocycles. The van der Waals surface area contributed by atoms with Crippen molar-refractivity contribution in [1.29, 1.82) is 0 Å². The molecule has 0 heterocycles. The van der Waals surface area contributed by atoms with E-state index in [0.717, 1.165) is 5.56 Å². The standard InChI is InChI=1S/C16H14FNO/c1-2-13(16(18)19)12-8-9-14(15(17)10-12)11-6-4-3-5-7-11/h2-10H,1H3,(H2,18,19)/b13-2+. The predicted molar refractivity (Wildman–Crippen MR) is 74.7 cm³/mol. The van der Waals surface area contributed by atoms with Crippen LogP contribution in [0, 0.1) is 5.82 Å². The zero-order valence-corrected chi connectivity index (χ0v) is 10.6. The lowest BCUT2D eigenvalue weighted by atomic mass is 9.99. The minimum Gasteiger partial charge on any atom is -0.366 e. The molecule has 0 aromatic heterocycles. The van der Waals surface area contributed by atoms with Gasteiger partial charge in [0.15, 0.2) is 0 Å². The summed E-state index contributed by atoms with van der Waals surface area (Å²) in [5, 5.41) is 0. The van der Waals surface area contributed by atoms with Gasteiger partial charge in [0.25, 0.3) is 0 Å². The molecule has 0 radical (unpaired) electrons. The summed E-state index contributed by atoms with van der Waals surface area (Å²) in [5.74, 6) is -0.932. The zero-order chi connectivity index (χ0) is 13.8. The molecule has 0 aliphatic rings. The Kier molecular flexibility index (Phi) is 3.76. The molecule has 0 atom stereocenters. The Labute approximate surface area is 111 Å². The summed E-state index contributed by atoms with van der Waals surface area (Å²) in [6.07, 6.45) is 1.58. The zero-order valence-electron chi connectivity index (χ0n) is 10.6. The third kappa shape index (κ3) is 2.71. The van der Waals surface area contributed by atoms with Gasteiger partial charge in [-0.15, -0.1) is 0 Å². The number of allylic oxidation sites excluding steroid dienone is 1. The number of hydrogen-bond acceptors (Lipinski definition) is 1. The third-order valence-corrected chi connectivity index (χ3v) is 2.92. The van der Waals surface area contributed by atoms with Crippen LogP contribution in [0.3, 0.4) is 0 Å². The summed E-state index contributed by atoms with van der Waals surface area (Å²) in [6, 6.07) is 13.9. The van der Waals surface area contributed by atoms with Crippen LogP contribution >= 0.6 is 0 Å². The number of rotatable bonds is 3. The molecule has 3 heteroatoms. The van der Waals surface area contributed by atoms with Crippen LogP contribution in [0.5, 0.6) is 0 Å². The predicted octanol–water partition coefficient (Wildman–Crippen LogP) is 3.38. The van der Waals surface area contributed by atoms with E-state index < -0.39 is 5.91 Å². The van der Waals surface area contributed by atoms with Gasteiger partial charge in [-0.25, -0.2) is 4.39 Å². The van der Waals surface area contributed by atoms with Crippen LogP contribution in [0.1, 0.15) is 12.5 Å². The smallest absolute Gasteiger partial charge is 0.248 e. The molecule has 2 aromatic rings. The van der Waals surface area contributed by atoms with Gasteiger partial charge in [0.1, 0.15) is 5.82 Å². The Morgan fingerprint density at radius 1 is 1.16 bits per heavy atom. The van der Waals surface area contributed by atoms with Crippen molar-refractivity contribution in [2.45, 2.75) is 6.92 Å². The quantitative estimate of drug-likeness (QED) is 0.839. The highest BCUT2D eigenvalue weighted by atomic mass is 19.1. The summed E-state index contributed by atoms with van der Waals surface area (Å²) < 4.78 is 14.1. The maximum Gasteiger partial charge on any atom is 0.248 e. The van der Waals surface area contributed by atoms with Crippen molar-refractivity contribution in [3.63, 3.8) is 0 Å². The topological polar surface area (TPSA) is 43.1 Å². The van der Waals surface area contributed by atoms with Gasteiger partial charge in [0, 0.05) is 11.1 Å². The Morgan fingerprint density at radius 2 is 1.84 bits per heavy atom. The molecule has 2 aromatic carbocycles. The van der Waals surface area contributed by atoms with E-state index in [9.17, 15) is 9.18 Å². The largest absolute Gasteiger partial charge is 0.366 e. The number of primary amides is 1. The number of carbonyl (C=O) groups excluding carboxylic acids is 1. The van der Waals surface area contributed by atoms with Crippen LogP contribution in [-0.2, 0) is 4.79 Å². The summed E-state index contributed by atoms with van der Waals surface area (Å²) in [5.41, 5.74) is 7.36. The van der Waals surface area contributed by atoms with Gasteiger partial charge < -0.3 is 5.73 Å². The Hall–Kier alpha value is -2.42. The van der Waals surface area contributed by atoms with Gasteiger partial charge in [-0.1, -0.05) is 48.5 Å². The first kappa shape index (κ1) is 13.0. The second-order valence-corrected chi connectivity index (χ2v) is 4.13. The van der Waals surface area contributed by atoms with Crippen molar-refractivity contribution in [1.82, 2.24) is 0 Å². The van der Waals surface area contributed by atoms with Gasteiger partial charge in [-0.2, -0.15) is 0 Å². The molecule has 2 nitrogen and oxygen atoms in total. The summed E-state index contributed by atoms with van der Waals surface area (Å²) in [7, 11) is 0. The molecule has 96 valence electrons. The summed E-state index contributed by atoms with van der Waals surface area (Å²) in [6.45, 7) is 1.70. The SMILES string of the molecule is C/C=C(/C(N)=O)c1ccc(-c2ccccc2)c(F)c1. The Bertz CT molecular complexity index is 632. The second-order valence-electron chi connectivity index (χ2n) is 4.13. The van der Waals surface area contributed by atoms with E-state index in [1.54, 1.807) is 25.1 Å². The number of hydrogen-bond donors (Lipinski definition) is 1. The second kappa shape index (κ2) is 5.48. The average Bonchev–Trinajstić information content (AvgIpc) is 2.40. The minimum atomic E-state index is -0.561. The molecule has 2 N–H and O–H groups in total. The van der Waals surface area contributed by atoms with E-state index in [-0.39, 0.29) is 5.82 Å². The molecule has 0 fully saturated rings. The van der Waals surface area contributed by atoms with Crippen LogP contribution < -0.4 is 5.73 Å². The number of benzene rings is 2. The fourth-order valence-electron chi connectivity index (χ4n) is 1.99. The van der Waals surface area contributed by atoms with Crippen LogP contribution in [0.15, 0.2) is 54.6 Å². The van der Waals surface area contributed by atoms with E-state index in [4.69, 9.17) is 5.73 Å². The van der Waals surface area contributed by atoms with Crippen LogP contribution in [0.4, 0.5) is 4.39 Å². The maximum absolute atomic E-state index is 14.1. The van der Waals surface area contributed by atoms with Gasteiger partial charge in [-0.05, 0) is 24.1 Å². The van der Waals surface area contributed by atoms with Crippen molar-refractivity contribution in [2.75, 3.05) is 0 Å². The lowest BCUT2D eigenvalue weighted by molar-refractivity contribution is -0.112. The highest BCUT2D eigenvalue weighted by Gasteiger charge is 2.11. The summed E-state index contributed by atoms with van der Waals surface area (Å²) >= 11 is 0. The first-order valence-corrected chi connectivity index (χ1v) is 5.95. The molecule has 0 spiro atoms. The van der Waals surface area contributed by atoms with E-state index in [2.05, 4.69) is 0 Å². The van der Waals surface area contributed by atoms with Gasteiger partial charge in [0.2, 0.25) is 5.91 Å². The number of amides is 1. The van der Waals surface area contributed by atoms with Crippen molar-refractivity contribution in [3.8, 4) is 11.1 Å². The van der Waals surface area contributed by atoms with Crippen molar-refractivity contribution >= 4 is 11.5 Å². The highest BCUT2D eigenvalue weighted by molar-refractivity contribution is 6.18. The van der Waals surface area contributed by atoms with E-state index in [1.807, 2.05) is 30.3 Å².